The van der Waals surface area contributed by atoms with Gasteiger partial charge in [-0.05, 0) is 60.9 Å². The zero-order chi connectivity index (χ0) is 17.9. The van der Waals surface area contributed by atoms with Crippen LogP contribution in [0.5, 0.6) is 0 Å². The lowest BCUT2D eigenvalue weighted by Crippen LogP contribution is -2.41. The maximum atomic E-state index is 3.33. The molecule has 0 radical (unpaired) electrons. The van der Waals surface area contributed by atoms with Gasteiger partial charge in [-0.25, -0.2) is 0 Å². The van der Waals surface area contributed by atoms with Crippen LogP contribution < -0.4 is 0 Å². The van der Waals surface area contributed by atoms with Crippen molar-refractivity contribution < 1.29 is 0 Å². The third kappa shape index (κ3) is 2.00. The molecule has 0 heterocycles. The maximum Gasteiger partial charge on any atom is 0.0345 e. The standard InChI is InChI=1S/C25H25P/c1-17-13-18(2)15-21(14-17)25(26)16-20-8-4-6-10-23(20)24(25)12-11-19-7-3-5-9-22(19)24/h3-10,13-15H,11-12,16,26H2,1-2H3. The second-order valence-electron chi connectivity index (χ2n) is 8.24. The highest BCUT2D eigenvalue weighted by Crippen LogP contribution is 2.65. The van der Waals surface area contributed by atoms with E-state index in [0.717, 1.165) is 6.42 Å². The molecule has 1 spiro atoms. The summed E-state index contributed by atoms with van der Waals surface area (Å²) in [4.78, 5) is 0. The molecule has 5 rings (SSSR count). The van der Waals surface area contributed by atoms with Gasteiger partial charge in [0, 0.05) is 10.6 Å². The van der Waals surface area contributed by atoms with Crippen LogP contribution in [0.25, 0.3) is 0 Å². The van der Waals surface area contributed by atoms with E-state index in [1.165, 1.54) is 40.7 Å². The molecular formula is C25H25P. The molecular weight excluding hydrogens is 331 g/mol. The van der Waals surface area contributed by atoms with Crippen molar-refractivity contribution in [1.29, 1.82) is 0 Å². The average molecular weight is 356 g/mol. The summed E-state index contributed by atoms with van der Waals surface area (Å²) in [5, 5.41) is 0.0140. The lowest BCUT2D eigenvalue weighted by atomic mass is 9.67. The van der Waals surface area contributed by atoms with E-state index in [-0.39, 0.29) is 10.6 Å². The summed E-state index contributed by atoms with van der Waals surface area (Å²) < 4.78 is 0. The van der Waals surface area contributed by atoms with Crippen LogP contribution in [0.2, 0.25) is 0 Å². The molecule has 0 amide bonds. The van der Waals surface area contributed by atoms with Crippen LogP contribution in [0.3, 0.4) is 0 Å². The van der Waals surface area contributed by atoms with Crippen molar-refractivity contribution in [3.05, 3.63) is 106 Å². The first-order valence-electron chi connectivity index (χ1n) is 9.59. The van der Waals surface area contributed by atoms with E-state index in [4.69, 9.17) is 0 Å². The fraction of sp³-hybridized carbons (Fsp3) is 0.280. The highest BCUT2D eigenvalue weighted by atomic mass is 31.0. The Morgan fingerprint density at radius 3 is 2.04 bits per heavy atom. The van der Waals surface area contributed by atoms with Gasteiger partial charge >= 0.3 is 0 Å². The topological polar surface area (TPSA) is 0 Å². The van der Waals surface area contributed by atoms with Crippen LogP contribution in [0.1, 0.15) is 45.4 Å². The van der Waals surface area contributed by atoms with E-state index >= 15 is 0 Å². The number of benzene rings is 3. The molecule has 0 aliphatic heterocycles. The van der Waals surface area contributed by atoms with E-state index in [1.54, 1.807) is 11.1 Å². The molecule has 3 aromatic rings. The fourth-order valence-corrected chi connectivity index (χ4v) is 6.56. The molecule has 3 aromatic carbocycles. The first-order chi connectivity index (χ1) is 12.5. The Balaban J connectivity index is 1.84. The van der Waals surface area contributed by atoms with E-state index in [9.17, 15) is 0 Å². The van der Waals surface area contributed by atoms with Gasteiger partial charge in [-0.1, -0.05) is 77.9 Å². The van der Waals surface area contributed by atoms with Gasteiger partial charge in [0.25, 0.3) is 0 Å². The molecule has 0 fully saturated rings. The van der Waals surface area contributed by atoms with Gasteiger partial charge in [0.2, 0.25) is 0 Å². The average Bonchev–Trinajstić information content (AvgIpc) is 3.14. The Morgan fingerprint density at radius 1 is 0.769 bits per heavy atom. The van der Waals surface area contributed by atoms with Crippen molar-refractivity contribution in [2.24, 2.45) is 0 Å². The van der Waals surface area contributed by atoms with E-state index in [1.807, 2.05) is 0 Å². The van der Waals surface area contributed by atoms with Crippen molar-refractivity contribution in [3.63, 3.8) is 0 Å². The Bertz CT molecular complexity index is 985. The van der Waals surface area contributed by atoms with Crippen molar-refractivity contribution >= 4 is 9.24 Å². The van der Waals surface area contributed by atoms with E-state index < -0.39 is 0 Å². The van der Waals surface area contributed by atoms with Gasteiger partial charge in [0.05, 0.1) is 0 Å². The predicted molar refractivity (Wildman–Crippen MR) is 113 cm³/mol. The van der Waals surface area contributed by atoms with Crippen molar-refractivity contribution in [1.82, 2.24) is 0 Å². The SMILES string of the molecule is Cc1cc(C)cc(C2(P)Cc3ccccc3C23CCc2ccccc23)c1. The molecule has 2 aliphatic rings. The van der Waals surface area contributed by atoms with Gasteiger partial charge in [-0.2, -0.15) is 0 Å². The monoisotopic (exact) mass is 356 g/mol. The number of hydrogen-bond donors (Lipinski definition) is 0. The lowest BCUT2D eigenvalue weighted by molar-refractivity contribution is 0.398. The minimum Gasteiger partial charge on any atom is -0.125 e. The van der Waals surface area contributed by atoms with Crippen LogP contribution in [-0.2, 0) is 23.4 Å². The smallest absolute Gasteiger partial charge is 0.0345 e. The zero-order valence-corrected chi connectivity index (χ0v) is 16.7. The minimum absolute atomic E-state index is 0.0140. The van der Waals surface area contributed by atoms with Crippen LogP contribution in [0.4, 0.5) is 0 Å². The lowest BCUT2D eigenvalue weighted by Gasteiger charge is -2.43. The highest BCUT2D eigenvalue weighted by molar-refractivity contribution is 7.18. The Kier molecular flexibility index (Phi) is 3.47. The first kappa shape index (κ1) is 16.3. The van der Waals surface area contributed by atoms with Crippen molar-refractivity contribution in [3.8, 4) is 0 Å². The second-order valence-corrected chi connectivity index (χ2v) is 9.23. The summed E-state index contributed by atoms with van der Waals surface area (Å²) in [5.74, 6) is 0. The molecule has 3 atom stereocenters. The maximum absolute atomic E-state index is 3.33. The molecule has 0 bridgehead atoms. The summed E-state index contributed by atoms with van der Waals surface area (Å²) in [6.07, 6.45) is 3.45. The Hall–Kier alpha value is -1.91. The zero-order valence-electron chi connectivity index (χ0n) is 15.5. The molecule has 26 heavy (non-hydrogen) atoms. The normalized spacial score (nSPS) is 26.1. The van der Waals surface area contributed by atoms with Crippen LogP contribution in [0.15, 0.2) is 66.7 Å². The quantitative estimate of drug-likeness (QED) is 0.479. The van der Waals surface area contributed by atoms with Gasteiger partial charge < -0.3 is 0 Å². The van der Waals surface area contributed by atoms with E-state index in [0.29, 0.717) is 0 Å². The molecule has 0 nitrogen and oxygen atoms in total. The number of fused-ring (bicyclic) bond motifs is 4. The van der Waals surface area contributed by atoms with Gasteiger partial charge in [-0.15, -0.1) is 9.24 Å². The molecule has 0 saturated carbocycles. The van der Waals surface area contributed by atoms with Crippen LogP contribution in [-0.4, -0.2) is 0 Å². The Morgan fingerprint density at radius 2 is 1.35 bits per heavy atom. The molecule has 2 aliphatic carbocycles. The first-order valence-corrected chi connectivity index (χ1v) is 10.2. The van der Waals surface area contributed by atoms with Crippen LogP contribution in [0, 0.1) is 13.8 Å². The summed E-state index contributed by atoms with van der Waals surface area (Å²) in [5.41, 5.74) is 10.4. The minimum atomic E-state index is 0.0140. The van der Waals surface area contributed by atoms with E-state index in [2.05, 4.69) is 89.8 Å². The summed E-state index contributed by atoms with van der Waals surface area (Å²) in [7, 11) is 3.33. The third-order valence-corrected chi connectivity index (χ3v) is 7.72. The van der Waals surface area contributed by atoms with Crippen molar-refractivity contribution in [2.75, 3.05) is 0 Å². The fourth-order valence-electron chi connectivity index (χ4n) is 5.72. The third-order valence-electron chi connectivity index (χ3n) is 6.69. The predicted octanol–water partition coefficient (Wildman–Crippen LogP) is 5.86. The molecule has 0 aromatic heterocycles. The van der Waals surface area contributed by atoms with Gasteiger partial charge in [0.1, 0.15) is 0 Å². The van der Waals surface area contributed by atoms with Crippen LogP contribution >= 0.6 is 9.24 Å². The summed E-state index contributed by atoms with van der Waals surface area (Å²) in [6.45, 7) is 4.45. The van der Waals surface area contributed by atoms with Gasteiger partial charge in [0.15, 0.2) is 0 Å². The second kappa shape index (κ2) is 5.54. The molecule has 0 N–H and O–H groups in total. The Labute approximate surface area is 158 Å². The number of rotatable bonds is 1. The highest BCUT2D eigenvalue weighted by Gasteiger charge is 2.58. The van der Waals surface area contributed by atoms with Gasteiger partial charge in [-0.3, -0.25) is 0 Å². The molecule has 1 heteroatoms. The van der Waals surface area contributed by atoms with Crippen molar-refractivity contribution in [2.45, 2.75) is 43.7 Å². The summed E-state index contributed by atoms with van der Waals surface area (Å²) in [6, 6.07) is 25.4. The number of aryl methyl sites for hydroxylation is 3. The molecule has 3 unspecified atom stereocenters. The molecule has 0 saturated heterocycles. The largest absolute Gasteiger partial charge is 0.125 e. The summed E-state index contributed by atoms with van der Waals surface area (Å²) >= 11 is 0. The molecule has 130 valence electrons. The number of hydrogen-bond acceptors (Lipinski definition) is 0.